The number of nitrogens with one attached hydrogen (secondary N) is 2. The van der Waals surface area contributed by atoms with Gasteiger partial charge in [0.05, 0.1) is 7.11 Å². The standard InChI is InChI=1S/C15H26N2O2/c1-11(2)6-5-7-12(3)16-10-13-8-9-14(17-13)15(18)19-4/h8-9,11-12,16-17H,5-7,10H2,1-4H3. The van der Waals surface area contributed by atoms with E-state index >= 15 is 0 Å². The first-order valence-corrected chi connectivity index (χ1v) is 7.02. The minimum atomic E-state index is -0.323. The molecule has 0 radical (unpaired) electrons. The summed E-state index contributed by atoms with van der Waals surface area (Å²) < 4.78 is 4.66. The number of aromatic amines is 1. The molecular weight excluding hydrogens is 240 g/mol. The number of esters is 1. The third-order valence-corrected chi connectivity index (χ3v) is 3.21. The van der Waals surface area contributed by atoms with E-state index in [1.807, 2.05) is 6.07 Å². The first kappa shape index (κ1) is 15.8. The van der Waals surface area contributed by atoms with E-state index in [0.717, 1.165) is 18.2 Å². The Balaban J connectivity index is 2.28. The second-order valence-corrected chi connectivity index (χ2v) is 5.50. The van der Waals surface area contributed by atoms with Gasteiger partial charge in [0.2, 0.25) is 0 Å². The zero-order valence-electron chi connectivity index (χ0n) is 12.5. The molecule has 4 nitrogen and oxygen atoms in total. The zero-order valence-corrected chi connectivity index (χ0v) is 12.5. The Bertz CT molecular complexity index is 385. The fourth-order valence-corrected chi connectivity index (χ4v) is 1.99. The van der Waals surface area contributed by atoms with Crippen LogP contribution < -0.4 is 5.32 Å². The number of carbonyl (C=O) groups is 1. The molecule has 2 N–H and O–H groups in total. The van der Waals surface area contributed by atoms with E-state index in [1.54, 1.807) is 6.07 Å². The second kappa shape index (κ2) is 8.00. The average Bonchev–Trinajstić information content (AvgIpc) is 2.83. The molecule has 0 bridgehead atoms. The van der Waals surface area contributed by atoms with E-state index in [0.29, 0.717) is 11.7 Å². The molecular formula is C15H26N2O2. The largest absolute Gasteiger partial charge is 0.464 e. The van der Waals surface area contributed by atoms with Crippen molar-refractivity contribution in [1.82, 2.24) is 10.3 Å². The third kappa shape index (κ3) is 5.92. The van der Waals surface area contributed by atoms with Gasteiger partial charge in [0.1, 0.15) is 5.69 Å². The second-order valence-electron chi connectivity index (χ2n) is 5.50. The highest BCUT2D eigenvalue weighted by Crippen LogP contribution is 2.09. The van der Waals surface area contributed by atoms with Gasteiger partial charge in [-0.15, -0.1) is 0 Å². The number of H-pyrrole nitrogens is 1. The lowest BCUT2D eigenvalue weighted by molar-refractivity contribution is 0.0594. The van der Waals surface area contributed by atoms with Crippen molar-refractivity contribution in [3.8, 4) is 0 Å². The number of hydrogen-bond donors (Lipinski definition) is 2. The van der Waals surface area contributed by atoms with Crippen molar-refractivity contribution in [2.75, 3.05) is 7.11 Å². The summed E-state index contributed by atoms with van der Waals surface area (Å²) in [5.41, 5.74) is 1.52. The van der Waals surface area contributed by atoms with Crippen LogP contribution in [-0.2, 0) is 11.3 Å². The molecule has 0 saturated carbocycles. The summed E-state index contributed by atoms with van der Waals surface area (Å²) in [6, 6.07) is 4.16. The van der Waals surface area contributed by atoms with Gasteiger partial charge < -0.3 is 15.0 Å². The Morgan fingerprint density at radius 1 is 1.32 bits per heavy atom. The molecule has 108 valence electrons. The summed E-state index contributed by atoms with van der Waals surface area (Å²) >= 11 is 0. The molecule has 1 heterocycles. The van der Waals surface area contributed by atoms with E-state index < -0.39 is 0 Å². The lowest BCUT2D eigenvalue weighted by Crippen LogP contribution is -2.25. The normalized spacial score (nSPS) is 12.7. The summed E-state index contributed by atoms with van der Waals surface area (Å²) in [6.07, 6.45) is 3.72. The molecule has 0 aliphatic carbocycles. The van der Waals surface area contributed by atoms with Crippen molar-refractivity contribution in [2.45, 2.75) is 52.6 Å². The average molecular weight is 266 g/mol. The Hall–Kier alpha value is -1.29. The van der Waals surface area contributed by atoms with Gasteiger partial charge in [-0.1, -0.05) is 26.7 Å². The molecule has 0 aromatic carbocycles. The van der Waals surface area contributed by atoms with Crippen LogP contribution in [0.15, 0.2) is 12.1 Å². The smallest absolute Gasteiger partial charge is 0.354 e. The monoisotopic (exact) mass is 266 g/mol. The molecule has 0 aliphatic rings. The molecule has 1 aromatic rings. The van der Waals surface area contributed by atoms with Gasteiger partial charge in [0.25, 0.3) is 0 Å². The van der Waals surface area contributed by atoms with Gasteiger partial charge in [-0.2, -0.15) is 0 Å². The number of ether oxygens (including phenoxy) is 1. The molecule has 1 atom stereocenters. The molecule has 1 aromatic heterocycles. The van der Waals surface area contributed by atoms with E-state index in [2.05, 4.69) is 35.8 Å². The van der Waals surface area contributed by atoms with Crippen LogP contribution in [0.1, 0.15) is 56.2 Å². The number of rotatable bonds is 8. The molecule has 4 heteroatoms. The van der Waals surface area contributed by atoms with Crippen LogP contribution in [0.3, 0.4) is 0 Å². The fourth-order valence-electron chi connectivity index (χ4n) is 1.99. The molecule has 0 fully saturated rings. The Morgan fingerprint density at radius 3 is 2.68 bits per heavy atom. The number of aromatic nitrogens is 1. The molecule has 0 aliphatic heterocycles. The SMILES string of the molecule is COC(=O)c1ccc(CNC(C)CCCC(C)C)[nH]1. The van der Waals surface area contributed by atoms with E-state index in [1.165, 1.54) is 26.4 Å². The first-order chi connectivity index (χ1) is 9.02. The summed E-state index contributed by atoms with van der Waals surface area (Å²) in [4.78, 5) is 14.4. The van der Waals surface area contributed by atoms with Crippen LogP contribution in [0.25, 0.3) is 0 Å². The maximum atomic E-state index is 11.3. The molecule has 19 heavy (non-hydrogen) atoms. The van der Waals surface area contributed by atoms with E-state index in [-0.39, 0.29) is 5.97 Å². The molecule has 0 spiro atoms. The van der Waals surface area contributed by atoms with Crippen LogP contribution >= 0.6 is 0 Å². The van der Waals surface area contributed by atoms with Crippen LogP contribution in [0, 0.1) is 5.92 Å². The lowest BCUT2D eigenvalue weighted by atomic mass is 10.0. The predicted molar refractivity (Wildman–Crippen MR) is 77.1 cm³/mol. The van der Waals surface area contributed by atoms with Gasteiger partial charge in [0, 0.05) is 18.3 Å². The first-order valence-electron chi connectivity index (χ1n) is 7.02. The topological polar surface area (TPSA) is 54.1 Å². The van der Waals surface area contributed by atoms with Crippen molar-refractivity contribution in [3.05, 3.63) is 23.5 Å². The van der Waals surface area contributed by atoms with Crippen LogP contribution in [0.5, 0.6) is 0 Å². The highest BCUT2D eigenvalue weighted by molar-refractivity contribution is 5.87. The summed E-state index contributed by atoms with van der Waals surface area (Å²) in [7, 11) is 1.39. The number of carbonyl (C=O) groups excluding carboxylic acids is 1. The van der Waals surface area contributed by atoms with Crippen molar-refractivity contribution < 1.29 is 9.53 Å². The van der Waals surface area contributed by atoms with Gasteiger partial charge in [0.15, 0.2) is 0 Å². The van der Waals surface area contributed by atoms with E-state index in [4.69, 9.17) is 0 Å². The lowest BCUT2D eigenvalue weighted by Gasteiger charge is -2.13. The van der Waals surface area contributed by atoms with Crippen molar-refractivity contribution in [2.24, 2.45) is 5.92 Å². The Kier molecular flexibility index (Phi) is 6.64. The number of methoxy groups -OCH3 is 1. The summed E-state index contributed by atoms with van der Waals surface area (Å²) in [5, 5.41) is 3.46. The van der Waals surface area contributed by atoms with Crippen molar-refractivity contribution >= 4 is 5.97 Å². The summed E-state index contributed by atoms with van der Waals surface area (Å²) in [5.74, 6) is 0.453. The van der Waals surface area contributed by atoms with Gasteiger partial charge in [-0.25, -0.2) is 4.79 Å². The van der Waals surface area contributed by atoms with Gasteiger partial charge >= 0.3 is 5.97 Å². The van der Waals surface area contributed by atoms with Crippen molar-refractivity contribution in [1.29, 1.82) is 0 Å². The fraction of sp³-hybridized carbons (Fsp3) is 0.667. The molecule has 1 unspecified atom stereocenters. The molecule has 1 rings (SSSR count). The zero-order chi connectivity index (χ0) is 14.3. The quantitative estimate of drug-likeness (QED) is 0.711. The van der Waals surface area contributed by atoms with Crippen LogP contribution in [0.2, 0.25) is 0 Å². The van der Waals surface area contributed by atoms with Crippen molar-refractivity contribution in [3.63, 3.8) is 0 Å². The van der Waals surface area contributed by atoms with Crippen LogP contribution in [-0.4, -0.2) is 24.1 Å². The number of hydrogen-bond acceptors (Lipinski definition) is 3. The van der Waals surface area contributed by atoms with E-state index in [9.17, 15) is 4.79 Å². The highest BCUT2D eigenvalue weighted by Gasteiger charge is 2.08. The summed E-state index contributed by atoms with van der Waals surface area (Å²) in [6.45, 7) is 7.46. The van der Waals surface area contributed by atoms with Gasteiger partial charge in [-0.05, 0) is 31.4 Å². The minimum Gasteiger partial charge on any atom is -0.464 e. The molecule has 0 saturated heterocycles. The molecule has 0 amide bonds. The maximum Gasteiger partial charge on any atom is 0.354 e. The Morgan fingerprint density at radius 2 is 2.05 bits per heavy atom. The van der Waals surface area contributed by atoms with Gasteiger partial charge in [-0.3, -0.25) is 0 Å². The Labute approximate surface area is 115 Å². The highest BCUT2D eigenvalue weighted by atomic mass is 16.5. The van der Waals surface area contributed by atoms with Crippen LogP contribution in [0.4, 0.5) is 0 Å². The maximum absolute atomic E-state index is 11.3. The minimum absolute atomic E-state index is 0.323. The third-order valence-electron chi connectivity index (χ3n) is 3.21. The predicted octanol–water partition coefficient (Wildman–Crippen LogP) is 3.11.